The Balaban J connectivity index is 4.76. The second kappa shape index (κ2) is 13.2. The van der Waals surface area contributed by atoms with Crippen LogP contribution in [0.4, 0.5) is 0 Å². The molecule has 0 radical (unpaired) electrons. The summed E-state index contributed by atoms with van der Waals surface area (Å²) in [5.41, 5.74) is 0. The second-order valence-electron chi connectivity index (χ2n) is 6.38. The molecule has 120 valence electrons. The van der Waals surface area contributed by atoms with Crippen LogP contribution in [0, 0.1) is 0 Å². The van der Waals surface area contributed by atoms with Gasteiger partial charge in [0.1, 0.15) is 0 Å². The van der Waals surface area contributed by atoms with Gasteiger partial charge in [-0.25, -0.2) is 0 Å². The third-order valence-electron chi connectivity index (χ3n) is 4.66. The molecule has 0 aliphatic rings. The van der Waals surface area contributed by atoms with E-state index in [1.165, 1.54) is 58.3 Å². The van der Waals surface area contributed by atoms with E-state index in [2.05, 4.69) is 27.4 Å². The van der Waals surface area contributed by atoms with Gasteiger partial charge in [-0.3, -0.25) is 0 Å². The average Bonchev–Trinajstić information content (AvgIpc) is 2.47. The molecule has 2 heteroatoms. The Morgan fingerprint density at radius 2 is 1.25 bits per heavy atom. The summed E-state index contributed by atoms with van der Waals surface area (Å²) in [5.74, 6) is 0. The first-order valence-corrected chi connectivity index (χ1v) is 16.4. The monoisotopic (exact) mass is 390 g/mol. The molecule has 0 aromatic carbocycles. The van der Waals surface area contributed by atoms with Gasteiger partial charge in [-0.2, -0.15) is 0 Å². The topological polar surface area (TPSA) is 20.2 Å². The number of rotatable bonds is 14. The second-order valence-corrected chi connectivity index (χ2v) is 20.0. The summed E-state index contributed by atoms with van der Waals surface area (Å²) in [6, 6.07) is 0. The molecule has 0 bridgehead atoms. The number of hydrogen-bond acceptors (Lipinski definition) is 1. The maximum atomic E-state index is 8.99. The van der Waals surface area contributed by atoms with Gasteiger partial charge in [0.05, 0.1) is 0 Å². The van der Waals surface area contributed by atoms with E-state index < -0.39 is 18.4 Å². The number of unbranched alkanes of at least 4 members (excludes halogenated alkanes) is 4. The predicted octanol–water partition coefficient (Wildman–Crippen LogP) is 6.09. The molecule has 0 fully saturated rings. The standard InChI is InChI=1S/C6H11O.3C4H9.Sn/c1-2-3-4-5-6-7;3*1-3-4-2;/h7H,1,3-6H2;3*1,3-4H2,2H3;. The van der Waals surface area contributed by atoms with E-state index in [1.807, 2.05) is 0 Å². The fourth-order valence-corrected chi connectivity index (χ4v) is 19.2. The van der Waals surface area contributed by atoms with Crippen molar-refractivity contribution in [3.8, 4) is 0 Å². The zero-order valence-electron chi connectivity index (χ0n) is 14.3. The van der Waals surface area contributed by atoms with Crippen LogP contribution >= 0.6 is 0 Å². The van der Waals surface area contributed by atoms with Crippen LogP contribution in [-0.4, -0.2) is 30.1 Å². The van der Waals surface area contributed by atoms with Crippen LogP contribution in [0.1, 0.15) is 78.6 Å². The Bertz CT molecular complexity index is 216. The van der Waals surface area contributed by atoms with Gasteiger partial charge in [0.2, 0.25) is 0 Å². The Morgan fingerprint density at radius 3 is 1.60 bits per heavy atom. The van der Waals surface area contributed by atoms with E-state index in [0.29, 0.717) is 6.61 Å². The van der Waals surface area contributed by atoms with Crippen LogP contribution in [0.25, 0.3) is 0 Å². The molecular formula is C18H38OSn. The Hall–Kier alpha value is 0.499. The molecule has 0 aliphatic heterocycles. The summed E-state index contributed by atoms with van der Waals surface area (Å²) in [6.07, 6.45) is 11.6. The predicted molar refractivity (Wildman–Crippen MR) is 95.0 cm³/mol. The summed E-state index contributed by atoms with van der Waals surface area (Å²) in [4.78, 5) is 0. The first kappa shape index (κ1) is 20.5. The Kier molecular flexibility index (Phi) is 13.5. The van der Waals surface area contributed by atoms with Crippen molar-refractivity contribution in [2.45, 2.75) is 91.9 Å². The van der Waals surface area contributed by atoms with Crippen LogP contribution in [0.5, 0.6) is 0 Å². The van der Waals surface area contributed by atoms with Crippen molar-refractivity contribution >= 4 is 18.4 Å². The van der Waals surface area contributed by atoms with E-state index in [-0.39, 0.29) is 0 Å². The van der Waals surface area contributed by atoms with Crippen molar-refractivity contribution in [1.29, 1.82) is 0 Å². The van der Waals surface area contributed by atoms with Gasteiger partial charge in [0.25, 0.3) is 0 Å². The minimum absolute atomic E-state index is 0.342. The van der Waals surface area contributed by atoms with Crippen LogP contribution in [0.2, 0.25) is 13.3 Å². The van der Waals surface area contributed by atoms with Crippen LogP contribution in [0.3, 0.4) is 0 Å². The summed E-state index contributed by atoms with van der Waals surface area (Å²) >= 11 is -2.15. The van der Waals surface area contributed by atoms with E-state index in [4.69, 9.17) is 5.11 Å². The van der Waals surface area contributed by atoms with Gasteiger partial charge in [-0.15, -0.1) is 0 Å². The Labute approximate surface area is 132 Å². The fraction of sp³-hybridized carbons (Fsp3) is 0.889. The third-order valence-corrected chi connectivity index (χ3v) is 20.9. The summed E-state index contributed by atoms with van der Waals surface area (Å²) < 4.78 is 6.28. The molecule has 0 amide bonds. The molecule has 0 heterocycles. The molecule has 0 spiro atoms. The fourth-order valence-electron chi connectivity index (χ4n) is 3.17. The number of hydrogen-bond donors (Lipinski definition) is 1. The SMILES string of the molecule is C=[C](CCCCO)[Sn]([CH2]CCC)([CH2]CCC)[CH2]CCC. The molecule has 0 saturated carbocycles. The number of aliphatic hydroxyl groups is 1. The van der Waals surface area contributed by atoms with Crippen molar-refractivity contribution in [1.82, 2.24) is 0 Å². The van der Waals surface area contributed by atoms with E-state index in [9.17, 15) is 0 Å². The van der Waals surface area contributed by atoms with Gasteiger partial charge in [0, 0.05) is 0 Å². The molecule has 1 N–H and O–H groups in total. The summed E-state index contributed by atoms with van der Waals surface area (Å²) in [7, 11) is 0. The minimum atomic E-state index is -2.15. The van der Waals surface area contributed by atoms with E-state index in [0.717, 1.165) is 12.8 Å². The normalized spacial score (nSPS) is 11.8. The zero-order chi connectivity index (χ0) is 15.3. The molecule has 0 aromatic heterocycles. The van der Waals surface area contributed by atoms with E-state index in [1.54, 1.807) is 3.59 Å². The average molecular weight is 389 g/mol. The molecule has 0 atom stereocenters. The molecule has 0 aromatic rings. The van der Waals surface area contributed by atoms with Crippen molar-refractivity contribution in [2.75, 3.05) is 6.61 Å². The van der Waals surface area contributed by atoms with Crippen LogP contribution < -0.4 is 0 Å². The van der Waals surface area contributed by atoms with Gasteiger partial charge in [-0.1, -0.05) is 0 Å². The van der Waals surface area contributed by atoms with Crippen molar-refractivity contribution in [3.63, 3.8) is 0 Å². The van der Waals surface area contributed by atoms with Crippen LogP contribution in [-0.2, 0) is 0 Å². The molecule has 0 unspecified atom stereocenters. The Morgan fingerprint density at radius 1 is 0.800 bits per heavy atom. The van der Waals surface area contributed by atoms with Gasteiger partial charge in [0.15, 0.2) is 0 Å². The van der Waals surface area contributed by atoms with Crippen molar-refractivity contribution in [3.05, 3.63) is 10.2 Å². The summed E-state index contributed by atoms with van der Waals surface area (Å²) in [6.45, 7) is 11.9. The van der Waals surface area contributed by atoms with Crippen molar-refractivity contribution < 1.29 is 5.11 Å². The molecule has 20 heavy (non-hydrogen) atoms. The van der Waals surface area contributed by atoms with Crippen LogP contribution in [0.15, 0.2) is 10.2 Å². The molecule has 0 saturated heterocycles. The molecule has 1 nitrogen and oxygen atoms in total. The van der Waals surface area contributed by atoms with E-state index >= 15 is 0 Å². The van der Waals surface area contributed by atoms with Gasteiger partial charge < -0.3 is 0 Å². The molecule has 0 rings (SSSR count). The van der Waals surface area contributed by atoms with Crippen molar-refractivity contribution in [2.24, 2.45) is 0 Å². The summed E-state index contributed by atoms with van der Waals surface area (Å²) in [5, 5.41) is 8.99. The zero-order valence-corrected chi connectivity index (χ0v) is 17.2. The molecular weight excluding hydrogens is 351 g/mol. The number of allylic oxidation sites excluding steroid dienone is 1. The van der Waals surface area contributed by atoms with Gasteiger partial charge in [-0.05, 0) is 0 Å². The first-order valence-electron chi connectivity index (χ1n) is 8.96. The first-order chi connectivity index (χ1) is 9.66. The quantitative estimate of drug-likeness (QED) is 0.281. The molecule has 0 aliphatic carbocycles. The van der Waals surface area contributed by atoms with Gasteiger partial charge >= 0.3 is 132 Å². The third kappa shape index (κ3) is 8.07. The maximum absolute atomic E-state index is 8.99. The number of aliphatic hydroxyl groups excluding tert-OH is 1.